The van der Waals surface area contributed by atoms with Crippen LogP contribution in [0.15, 0.2) is 43.2 Å². The van der Waals surface area contributed by atoms with E-state index in [0.717, 1.165) is 33.8 Å². The van der Waals surface area contributed by atoms with Crippen LogP contribution in [0.4, 0.5) is 5.69 Å². The van der Waals surface area contributed by atoms with Gasteiger partial charge in [0.15, 0.2) is 5.65 Å². The first-order valence-electron chi connectivity index (χ1n) is 8.70. The Labute approximate surface area is 163 Å². The number of hydrogen-bond acceptors (Lipinski definition) is 4. The lowest BCUT2D eigenvalue weighted by atomic mass is 10.1. The SMILES string of the molecule is C=Cc1ccc2ncn(-c3ccc4c(c3)CCN4S(=O)(=O)CCCCl)c2n1. The van der Waals surface area contributed by atoms with Crippen molar-refractivity contribution < 1.29 is 8.42 Å². The first kappa shape index (κ1) is 18.0. The van der Waals surface area contributed by atoms with Crippen molar-refractivity contribution >= 4 is 44.6 Å². The summed E-state index contributed by atoms with van der Waals surface area (Å²) < 4.78 is 28.5. The van der Waals surface area contributed by atoms with Crippen molar-refractivity contribution in [2.45, 2.75) is 12.8 Å². The third-order valence-corrected chi connectivity index (χ3v) is 6.81. The van der Waals surface area contributed by atoms with Gasteiger partial charge in [-0.2, -0.15) is 0 Å². The van der Waals surface area contributed by atoms with Crippen LogP contribution in [0.5, 0.6) is 0 Å². The summed E-state index contributed by atoms with van der Waals surface area (Å²) in [5, 5.41) is 0. The molecule has 0 radical (unpaired) electrons. The summed E-state index contributed by atoms with van der Waals surface area (Å²) in [6.07, 6.45) is 4.56. The zero-order valence-electron chi connectivity index (χ0n) is 14.7. The molecule has 3 aromatic rings. The number of halogens is 1. The Morgan fingerprint density at radius 3 is 2.89 bits per heavy atom. The first-order valence-corrected chi connectivity index (χ1v) is 10.8. The summed E-state index contributed by atoms with van der Waals surface area (Å²) >= 11 is 5.66. The van der Waals surface area contributed by atoms with Crippen LogP contribution in [0, 0.1) is 0 Å². The molecule has 0 spiro atoms. The van der Waals surface area contributed by atoms with Crippen LogP contribution >= 0.6 is 11.6 Å². The predicted molar refractivity (Wildman–Crippen MR) is 109 cm³/mol. The summed E-state index contributed by atoms with van der Waals surface area (Å²) in [5.74, 6) is 0.407. The number of rotatable bonds is 6. The molecule has 0 saturated carbocycles. The fraction of sp³-hybridized carbons (Fsp3) is 0.263. The van der Waals surface area contributed by atoms with Gasteiger partial charge in [0.2, 0.25) is 10.0 Å². The van der Waals surface area contributed by atoms with Crippen molar-refractivity contribution in [3.8, 4) is 5.69 Å². The maximum Gasteiger partial charge on any atom is 0.235 e. The zero-order valence-corrected chi connectivity index (χ0v) is 16.2. The van der Waals surface area contributed by atoms with Crippen LogP contribution in [0.1, 0.15) is 17.7 Å². The number of imidazole rings is 1. The van der Waals surface area contributed by atoms with E-state index < -0.39 is 10.0 Å². The van der Waals surface area contributed by atoms with Crippen LogP contribution in [-0.2, 0) is 16.4 Å². The predicted octanol–water partition coefficient (Wildman–Crippen LogP) is 3.38. The maximum absolute atomic E-state index is 12.5. The second kappa shape index (κ2) is 6.98. The fourth-order valence-electron chi connectivity index (χ4n) is 3.35. The minimum Gasteiger partial charge on any atom is -0.283 e. The fourth-order valence-corrected chi connectivity index (χ4v) is 5.22. The Kier molecular flexibility index (Phi) is 4.65. The molecule has 4 rings (SSSR count). The normalized spacial score (nSPS) is 13.9. The van der Waals surface area contributed by atoms with Crippen LogP contribution in [0.25, 0.3) is 22.9 Å². The van der Waals surface area contributed by atoms with E-state index in [9.17, 15) is 8.42 Å². The quantitative estimate of drug-likeness (QED) is 0.593. The molecule has 8 heteroatoms. The molecule has 0 unspecified atom stereocenters. The Morgan fingerprint density at radius 1 is 1.26 bits per heavy atom. The number of sulfonamides is 1. The summed E-state index contributed by atoms with van der Waals surface area (Å²) in [7, 11) is -3.34. The molecule has 0 aliphatic carbocycles. The minimum absolute atomic E-state index is 0.0676. The van der Waals surface area contributed by atoms with Gasteiger partial charge in [-0.25, -0.2) is 18.4 Å². The van der Waals surface area contributed by atoms with Gasteiger partial charge < -0.3 is 0 Å². The lowest BCUT2D eigenvalue weighted by molar-refractivity contribution is 0.591. The minimum atomic E-state index is -3.34. The Morgan fingerprint density at radius 2 is 2.11 bits per heavy atom. The molecule has 27 heavy (non-hydrogen) atoms. The standard InChI is InChI=1S/C19H19ClN4O2S/c1-2-15-4-6-17-19(22-15)23(13-21-17)16-5-7-18-14(12-16)8-10-24(18)27(25,26)11-3-9-20/h2,4-7,12-13H,1,3,8-11H2. The number of alkyl halides is 1. The summed E-state index contributed by atoms with van der Waals surface area (Å²) in [6, 6.07) is 9.56. The molecule has 0 saturated heterocycles. The van der Waals surface area contributed by atoms with Gasteiger partial charge in [-0.1, -0.05) is 6.58 Å². The molecule has 6 nitrogen and oxygen atoms in total. The maximum atomic E-state index is 12.5. The highest BCUT2D eigenvalue weighted by Crippen LogP contribution is 2.33. The molecule has 3 heterocycles. The third-order valence-electron chi connectivity index (χ3n) is 4.69. The number of pyridine rings is 1. The topological polar surface area (TPSA) is 68.1 Å². The smallest absolute Gasteiger partial charge is 0.235 e. The van der Waals surface area contributed by atoms with Crippen molar-refractivity contribution in [2.75, 3.05) is 22.5 Å². The third kappa shape index (κ3) is 3.21. The molecule has 0 atom stereocenters. The molecule has 1 aromatic carbocycles. The average molecular weight is 403 g/mol. The van der Waals surface area contributed by atoms with Crippen LogP contribution in [0.2, 0.25) is 0 Å². The zero-order chi connectivity index (χ0) is 19.0. The van der Waals surface area contributed by atoms with Crippen molar-refractivity contribution in [1.29, 1.82) is 0 Å². The van der Waals surface area contributed by atoms with E-state index in [0.29, 0.717) is 25.3 Å². The number of anilines is 1. The largest absolute Gasteiger partial charge is 0.283 e. The molecule has 0 N–H and O–H groups in total. The molecular weight excluding hydrogens is 384 g/mol. The highest BCUT2D eigenvalue weighted by Gasteiger charge is 2.29. The van der Waals surface area contributed by atoms with Crippen LogP contribution in [-0.4, -0.2) is 41.1 Å². The Balaban J connectivity index is 1.72. The second-order valence-corrected chi connectivity index (χ2v) is 8.78. The highest BCUT2D eigenvalue weighted by molar-refractivity contribution is 7.92. The summed E-state index contributed by atoms with van der Waals surface area (Å²) in [4.78, 5) is 8.97. The van der Waals surface area contributed by atoms with Crippen molar-refractivity contribution in [3.05, 3.63) is 54.5 Å². The van der Waals surface area contributed by atoms with Gasteiger partial charge in [0.25, 0.3) is 0 Å². The molecule has 1 aliphatic heterocycles. The summed E-state index contributed by atoms with van der Waals surface area (Å²) in [6.45, 7) is 4.23. The highest BCUT2D eigenvalue weighted by atomic mass is 35.5. The van der Waals surface area contributed by atoms with Crippen molar-refractivity contribution in [3.63, 3.8) is 0 Å². The van der Waals surface area contributed by atoms with E-state index in [1.54, 1.807) is 12.4 Å². The molecule has 140 valence electrons. The number of nitrogens with zero attached hydrogens (tertiary/aromatic N) is 4. The van der Waals surface area contributed by atoms with Crippen molar-refractivity contribution in [2.24, 2.45) is 0 Å². The molecule has 0 bridgehead atoms. The van der Waals surface area contributed by atoms with Crippen LogP contribution in [0.3, 0.4) is 0 Å². The van der Waals surface area contributed by atoms with Crippen molar-refractivity contribution in [1.82, 2.24) is 14.5 Å². The van der Waals surface area contributed by atoms with Gasteiger partial charge in [-0.05, 0) is 54.8 Å². The number of benzene rings is 1. The Hall–Kier alpha value is -2.38. The van der Waals surface area contributed by atoms with E-state index in [4.69, 9.17) is 11.6 Å². The van der Waals surface area contributed by atoms with Gasteiger partial charge in [-0.3, -0.25) is 8.87 Å². The lowest BCUT2D eigenvalue weighted by Gasteiger charge is -2.19. The van der Waals surface area contributed by atoms with Gasteiger partial charge in [0.05, 0.1) is 17.1 Å². The number of aromatic nitrogens is 3. The molecule has 2 aromatic heterocycles. The van der Waals surface area contributed by atoms with Gasteiger partial charge >= 0.3 is 0 Å². The average Bonchev–Trinajstić information content (AvgIpc) is 3.29. The van der Waals surface area contributed by atoms with Crippen LogP contribution < -0.4 is 4.31 Å². The number of fused-ring (bicyclic) bond motifs is 2. The molecule has 0 amide bonds. The lowest BCUT2D eigenvalue weighted by Crippen LogP contribution is -2.31. The second-order valence-electron chi connectivity index (χ2n) is 6.39. The monoisotopic (exact) mass is 402 g/mol. The van der Waals surface area contributed by atoms with E-state index in [-0.39, 0.29) is 5.75 Å². The van der Waals surface area contributed by atoms with E-state index in [1.165, 1.54) is 4.31 Å². The molecular formula is C19H19ClN4O2S. The van der Waals surface area contributed by atoms with E-state index in [1.807, 2.05) is 34.9 Å². The first-order chi connectivity index (χ1) is 13.0. The van der Waals surface area contributed by atoms with Gasteiger partial charge in [-0.15, -0.1) is 11.6 Å². The van der Waals surface area contributed by atoms with Gasteiger partial charge in [0, 0.05) is 18.1 Å². The van der Waals surface area contributed by atoms with Gasteiger partial charge in [0.1, 0.15) is 11.8 Å². The van der Waals surface area contributed by atoms with E-state index in [2.05, 4.69) is 16.5 Å². The Bertz CT molecular complexity index is 1120. The molecule has 0 fully saturated rings. The van der Waals surface area contributed by atoms with E-state index >= 15 is 0 Å². The molecule has 1 aliphatic rings. The number of hydrogen-bond donors (Lipinski definition) is 0. The summed E-state index contributed by atoms with van der Waals surface area (Å²) in [5.41, 5.74) is 4.98.